The van der Waals surface area contributed by atoms with Crippen molar-refractivity contribution in [2.75, 3.05) is 26.3 Å². The number of hydrogen-bond donors (Lipinski definition) is 0. The summed E-state index contributed by atoms with van der Waals surface area (Å²) in [5, 5.41) is 0. The second kappa shape index (κ2) is 6.22. The van der Waals surface area contributed by atoms with Crippen molar-refractivity contribution in [3.63, 3.8) is 0 Å². The van der Waals surface area contributed by atoms with Crippen LogP contribution in [0.25, 0.3) is 0 Å². The fourth-order valence-electron chi connectivity index (χ4n) is 2.84. The molecule has 1 aromatic heterocycles. The second-order valence-corrected chi connectivity index (χ2v) is 5.38. The zero-order valence-electron chi connectivity index (χ0n) is 11.5. The molecule has 1 amide bonds. The Balaban J connectivity index is 1.52. The fourth-order valence-corrected chi connectivity index (χ4v) is 2.84. The molecule has 0 spiro atoms. The van der Waals surface area contributed by atoms with E-state index in [1.807, 2.05) is 17.0 Å². The van der Waals surface area contributed by atoms with Crippen molar-refractivity contribution in [3.8, 4) is 5.75 Å². The number of ether oxygens (including phenoxy) is 2. The van der Waals surface area contributed by atoms with Crippen LogP contribution in [-0.4, -0.2) is 48.2 Å². The highest BCUT2D eigenvalue weighted by molar-refractivity contribution is 5.79. The third-order valence-electron chi connectivity index (χ3n) is 3.98. The molecule has 0 aliphatic carbocycles. The van der Waals surface area contributed by atoms with Crippen LogP contribution in [0.15, 0.2) is 24.5 Å². The number of carbonyl (C=O) groups is 1. The van der Waals surface area contributed by atoms with Crippen LogP contribution in [0.1, 0.15) is 19.3 Å². The molecule has 0 aromatic carbocycles. The number of aromatic nitrogens is 1. The van der Waals surface area contributed by atoms with Gasteiger partial charge in [0.15, 0.2) is 0 Å². The van der Waals surface area contributed by atoms with Gasteiger partial charge in [-0.05, 0) is 25.0 Å². The molecular formula is C15H20N2O3. The van der Waals surface area contributed by atoms with Crippen LogP contribution in [0.2, 0.25) is 0 Å². The first-order chi connectivity index (χ1) is 9.83. The van der Waals surface area contributed by atoms with Crippen LogP contribution in [0.3, 0.4) is 0 Å². The number of rotatable bonds is 3. The fraction of sp³-hybridized carbons (Fsp3) is 0.600. The third kappa shape index (κ3) is 3.10. The first-order valence-electron chi connectivity index (χ1n) is 7.26. The number of carbonyl (C=O) groups excluding carboxylic acids is 1. The van der Waals surface area contributed by atoms with Gasteiger partial charge in [-0.25, -0.2) is 0 Å². The van der Waals surface area contributed by atoms with Gasteiger partial charge in [-0.1, -0.05) is 0 Å². The summed E-state index contributed by atoms with van der Waals surface area (Å²) < 4.78 is 11.2. The average Bonchev–Trinajstić information content (AvgIpc) is 2.97. The van der Waals surface area contributed by atoms with Gasteiger partial charge in [0.25, 0.3) is 0 Å². The molecule has 5 nitrogen and oxygen atoms in total. The van der Waals surface area contributed by atoms with Crippen LogP contribution < -0.4 is 4.74 Å². The van der Waals surface area contributed by atoms with Gasteiger partial charge in [0.2, 0.25) is 5.91 Å². The first kappa shape index (κ1) is 13.4. The topological polar surface area (TPSA) is 51.7 Å². The maximum atomic E-state index is 12.4. The molecule has 2 saturated heterocycles. The Kier molecular flexibility index (Phi) is 4.16. The highest BCUT2D eigenvalue weighted by Crippen LogP contribution is 2.22. The van der Waals surface area contributed by atoms with E-state index in [0.717, 1.165) is 31.6 Å². The molecule has 0 bridgehead atoms. The highest BCUT2D eigenvalue weighted by Gasteiger charge is 2.32. The average molecular weight is 276 g/mol. The Morgan fingerprint density at radius 2 is 2.00 bits per heavy atom. The van der Waals surface area contributed by atoms with Crippen molar-refractivity contribution in [1.82, 2.24) is 9.88 Å². The van der Waals surface area contributed by atoms with Gasteiger partial charge in [-0.15, -0.1) is 0 Å². The number of likely N-dealkylation sites (tertiary alicyclic amines) is 1. The van der Waals surface area contributed by atoms with E-state index in [2.05, 4.69) is 4.98 Å². The minimum Gasteiger partial charge on any atom is -0.488 e. The largest absolute Gasteiger partial charge is 0.488 e. The number of amides is 1. The lowest BCUT2D eigenvalue weighted by Gasteiger charge is -2.26. The molecular weight excluding hydrogens is 256 g/mol. The molecule has 1 aromatic rings. The molecule has 3 rings (SSSR count). The molecule has 1 atom stereocenters. The zero-order chi connectivity index (χ0) is 13.8. The number of hydrogen-bond acceptors (Lipinski definition) is 4. The van der Waals surface area contributed by atoms with Crippen LogP contribution in [0.4, 0.5) is 0 Å². The molecule has 0 radical (unpaired) electrons. The lowest BCUT2D eigenvalue weighted by molar-refractivity contribution is -0.137. The molecule has 20 heavy (non-hydrogen) atoms. The SMILES string of the molecule is O=C(C1CCOCC1)N1CC[C@@H](Oc2ccncc2)C1. The number of nitrogens with zero attached hydrogens (tertiary/aromatic N) is 2. The Morgan fingerprint density at radius 1 is 1.25 bits per heavy atom. The van der Waals surface area contributed by atoms with Crippen molar-refractivity contribution in [2.45, 2.75) is 25.4 Å². The molecule has 2 aliphatic heterocycles. The van der Waals surface area contributed by atoms with Crippen molar-refractivity contribution in [2.24, 2.45) is 5.92 Å². The lowest BCUT2D eigenvalue weighted by Crippen LogP contribution is -2.38. The van der Waals surface area contributed by atoms with Gasteiger partial charge in [0.05, 0.1) is 6.54 Å². The molecule has 3 heterocycles. The van der Waals surface area contributed by atoms with Gasteiger partial charge in [-0.3, -0.25) is 9.78 Å². The summed E-state index contributed by atoms with van der Waals surface area (Å²) >= 11 is 0. The predicted molar refractivity (Wildman–Crippen MR) is 73.4 cm³/mol. The maximum Gasteiger partial charge on any atom is 0.225 e. The van der Waals surface area contributed by atoms with Gasteiger partial charge < -0.3 is 14.4 Å². The monoisotopic (exact) mass is 276 g/mol. The molecule has 108 valence electrons. The van der Waals surface area contributed by atoms with Crippen molar-refractivity contribution < 1.29 is 14.3 Å². The molecule has 0 N–H and O–H groups in total. The minimum atomic E-state index is 0.0983. The van der Waals surface area contributed by atoms with Gasteiger partial charge in [-0.2, -0.15) is 0 Å². The van der Waals surface area contributed by atoms with Gasteiger partial charge >= 0.3 is 0 Å². The molecule has 2 aliphatic rings. The summed E-state index contributed by atoms with van der Waals surface area (Å²) in [6.07, 6.45) is 6.14. The normalized spacial score (nSPS) is 23.8. The van der Waals surface area contributed by atoms with Crippen molar-refractivity contribution >= 4 is 5.91 Å². The maximum absolute atomic E-state index is 12.4. The van der Waals surface area contributed by atoms with Crippen LogP contribution >= 0.6 is 0 Å². The smallest absolute Gasteiger partial charge is 0.225 e. The lowest BCUT2D eigenvalue weighted by atomic mass is 9.99. The summed E-state index contributed by atoms with van der Waals surface area (Å²) in [4.78, 5) is 18.3. The number of pyridine rings is 1. The van der Waals surface area contributed by atoms with E-state index in [1.54, 1.807) is 12.4 Å². The summed E-state index contributed by atoms with van der Waals surface area (Å²) in [5.41, 5.74) is 0. The first-order valence-corrected chi connectivity index (χ1v) is 7.26. The molecule has 2 fully saturated rings. The van der Waals surface area contributed by atoms with Gasteiger partial charge in [0.1, 0.15) is 11.9 Å². The van der Waals surface area contributed by atoms with E-state index in [0.29, 0.717) is 19.8 Å². The van der Waals surface area contributed by atoms with E-state index in [-0.39, 0.29) is 17.9 Å². The highest BCUT2D eigenvalue weighted by atomic mass is 16.5. The van der Waals surface area contributed by atoms with Gasteiger partial charge in [0, 0.05) is 44.5 Å². The van der Waals surface area contributed by atoms with E-state index < -0.39 is 0 Å². The molecule has 5 heteroatoms. The summed E-state index contributed by atoms with van der Waals surface area (Å²) in [6.45, 7) is 2.91. The third-order valence-corrected chi connectivity index (χ3v) is 3.98. The Bertz CT molecular complexity index is 446. The molecule has 0 unspecified atom stereocenters. The quantitative estimate of drug-likeness (QED) is 0.839. The Morgan fingerprint density at radius 3 is 2.75 bits per heavy atom. The summed E-state index contributed by atoms with van der Waals surface area (Å²) in [6, 6.07) is 3.70. The van der Waals surface area contributed by atoms with E-state index in [1.165, 1.54) is 0 Å². The zero-order valence-corrected chi connectivity index (χ0v) is 11.5. The van der Waals surface area contributed by atoms with Crippen molar-refractivity contribution in [3.05, 3.63) is 24.5 Å². The van der Waals surface area contributed by atoms with E-state index >= 15 is 0 Å². The standard InChI is InChI=1S/C15H20N2O3/c18-15(12-4-9-19-10-5-12)17-8-3-14(11-17)20-13-1-6-16-7-2-13/h1-2,6-7,12,14H,3-5,8-11H2/t14-/m1/s1. The van der Waals surface area contributed by atoms with Crippen LogP contribution in [-0.2, 0) is 9.53 Å². The second-order valence-electron chi connectivity index (χ2n) is 5.38. The molecule has 0 saturated carbocycles. The Labute approximate surface area is 118 Å². The summed E-state index contributed by atoms with van der Waals surface area (Å²) in [7, 11) is 0. The van der Waals surface area contributed by atoms with Crippen LogP contribution in [0.5, 0.6) is 5.75 Å². The van der Waals surface area contributed by atoms with Crippen molar-refractivity contribution in [1.29, 1.82) is 0 Å². The minimum absolute atomic E-state index is 0.0983. The predicted octanol–water partition coefficient (Wildman–Crippen LogP) is 1.49. The van der Waals surface area contributed by atoms with Crippen LogP contribution in [0, 0.1) is 5.92 Å². The van der Waals surface area contributed by atoms with E-state index in [9.17, 15) is 4.79 Å². The van der Waals surface area contributed by atoms with E-state index in [4.69, 9.17) is 9.47 Å². The Hall–Kier alpha value is -1.62. The summed E-state index contributed by atoms with van der Waals surface area (Å²) in [5.74, 6) is 1.24.